The largest absolute Gasteiger partial charge is 0.452 e. The van der Waals surface area contributed by atoms with Crippen LogP contribution in [0.3, 0.4) is 0 Å². The first-order chi connectivity index (χ1) is 14.5. The van der Waals surface area contributed by atoms with Crippen LogP contribution < -0.4 is 0 Å². The third-order valence-electron chi connectivity index (χ3n) is 4.61. The summed E-state index contributed by atoms with van der Waals surface area (Å²) in [5, 5.41) is 3.75. The van der Waals surface area contributed by atoms with Gasteiger partial charge in [-0.05, 0) is 31.5 Å². The molecule has 156 valence electrons. The first kappa shape index (κ1) is 21.6. The van der Waals surface area contributed by atoms with Crippen molar-refractivity contribution in [1.82, 2.24) is 15.0 Å². The molecular weight excluding hydrogens is 402 g/mol. The highest BCUT2D eigenvalue weighted by atomic mass is 32.2. The summed E-state index contributed by atoms with van der Waals surface area (Å²) in [6.45, 7) is 3.35. The summed E-state index contributed by atoms with van der Waals surface area (Å²) in [7, 11) is 1.70. The number of carbonyl (C=O) groups excluding carboxylic acids is 2. The highest BCUT2D eigenvalue weighted by molar-refractivity contribution is 7.98. The second-order valence-corrected chi connectivity index (χ2v) is 7.70. The molecule has 0 bridgehead atoms. The molecule has 3 rings (SSSR count). The first-order valence-electron chi connectivity index (χ1n) is 9.44. The van der Waals surface area contributed by atoms with E-state index in [1.54, 1.807) is 31.0 Å². The van der Waals surface area contributed by atoms with E-state index >= 15 is 0 Å². The van der Waals surface area contributed by atoms with Crippen molar-refractivity contribution in [2.45, 2.75) is 30.5 Å². The SMILES string of the molecule is Cc1noc(CSc2ccccc2C(=O)OCC(=O)N(C)C(C)c2ccccc2)n1. The standard InChI is InChI=1S/C22H23N3O4S/c1-15(17-9-5-4-6-10-17)25(3)21(26)13-28-22(27)18-11-7-8-12-19(18)30-14-20-23-16(2)24-29-20/h4-12,15H,13-14H2,1-3H3. The van der Waals surface area contributed by atoms with Gasteiger partial charge in [-0.2, -0.15) is 4.98 Å². The molecule has 3 aromatic rings. The lowest BCUT2D eigenvalue weighted by Gasteiger charge is -2.25. The lowest BCUT2D eigenvalue weighted by atomic mass is 10.1. The normalized spacial score (nSPS) is 11.7. The molecule has 0 radical (unpaired) electrons. The van der Waals surface area contributed by atoms with Crippen LogP contribution in [0.15, 0.2) is 64.0 Å². The van der Waals surface area contributed by atoms with Crippen molar-refractivity contribution in [3.05, 3.63) is 77.4 Å². The number of esters is 1. The van der Waals surface area contributed by atoms with Crippen molar-refractivity contribution >= 4 is 23.6 Å². The van der Waals surface area contributed by atoms with Gasteiger partial charge in [-0.15, -0.1) is 11.8 Å². The molecule has 1 unspecified atom stereocenters. The molecular formula is C22H23N3O4S. The monoisotopic (exact) mass is 425 g/mol. The molecule has 1 atom stereocenters. The van der Waals surface area contributed by atoms with Gasteiger partial charge in [0, 0.05) is 11.9 Å². The first-order valence-corrected chi connectivity index (χ1v) is 10.4. The van der Waals surface area contributed by atoms with Crippen molar-refractivity contribution < 1.29 is 18.8 Å². The van der Waals surface area contributed by atoms with Crippen LogP contribution in [-0.4, -0.2) is 40.6 Å². The molecule has 8 heteroatoms. The van der Waals surface area contributed by atoms with Gasteiger partial charge in [-0.3, -0.25) is 4.79 Å². The summed E-state index contributed by atoms with van der Waals surface area (Å²) in [6, 6.07) is 16.6. The predicted octanol–water partition coefficient (Wildman–Crippen LogP) is 4.05. The molecule has 0 saturated carbocycles. The average molecular weight is 426 g/mol. The van der Waals surface area contributed by atoms with Crippen LogP contribution in [0, 0.1) is 6.92 Å². The molecule has 0 aliphatic rings. The fourth-order valence-electron chi connectivity index (χ4n) is 2.78. The van der Waals surface area contributed by atoms with Gasteiger partial charge in [0.2, 0.25) is 5.89 Å². The van der Waals surface area contributed by atoms with E-state index in [1.807, 2.05) is 49.4 Å². The summed E-state index contributed by atoms with van der Waals surface area (Å²) < 4.78 is 10.4. The van der Waals surface area contributed by atoms with Crippen LogP contribution in [-0.2, 0) is 15.3 Å². The average Bonchev–Trinajstić information content (AvgIpc) is 3.20. The van der Waals surface area contributed by atoms with Crippen LogP contribution in [0.1, 0.15) is 40.6 Å². The van der Waals surface area contributed by atoms with Gasteiger partial charge in [0.15, 0.2) is 12.4 Å². The maximum atomic E-state index is 12.6. The Morgan fingerprint density at radius 1 is 1.13 bits per heavy atom. The van der Waals surface area contributed by atoms with E-state index in [-0.39, 0.29) is 18.6 Å². The molecule has 7 nitrogen and oxygen atoms in total. The second-order valence-electron chi connectivity index (χ2n) is 6.69. The number of aryl methyl sites for hydroxylation is 1. The van der Waals surface area contributed by atoms with Gasteiger partial charge in [0.25, 0.3) is 5.91 Å². The van der Waals surface area contributed by atoms with Crippen LogP contribution >= 0.6 is 11.8 Å². The molecule has 1 heterocycles. The summed E-state index contributed by atoms with van der Waals surface area (Å²) >= 11 is 1.39. The molecule has 30 heavy (non-hydrogen) atoms. The molecule has 1 aromatic heterocycles. The van der Waals surface area contributed by atoms with Gasteiger partial charge >= 0.3 is 5.97 Å². The number of benzene rings is 2. The minimum absolute atomic E-state index is 0.127. The van der Waals surface area contributed by atoms with E-state index < -0.39 is 5.97 Å². The number of likely N-dealkylation sites (N-methyl/N-ethyl adjacent to an activating group) is 1. The molecule has 2 aromatic carbocycles. The van der Waals surface area contributed by atoms with E-state index in [0.29, 0.717) is 23.0 Å². The Morgan fingerprint density at radius 2 is 1.83 bits per heavy atom. The van der Waals surface area contributed by atoms with Gasteiger partial charge in [0.1, 0.15) is 0 Å². The van der Waals surface area contributed by atoms with Gasteiger partial charge in [-0.1, -0.05) is 47.6 Å². The van der Waals surface area contributed by atoms with Crippen molar-refractivity contribution in [2.75, 3.05) is 13.7 Å². The molecule has 0 spiro atoms. The second kappa shape index (κ2) is 10.1. The Labute approximate surface area is 179 Å². The third kappa shape index (κ3) is 5.48. The number of carbonyl (C=O) groups is 2. The van der Waals surface area contributed by atoms with Crippen LogP contribution in [0.4, 0.5) is 0 Å². The van der Waals surface area contributed by atoms with Crippen LogP contribution in [0.25, 0.3) is 0 Å². The van der Waals surface area contributed by atoms with Crippen molar-refractivity contribution in [2.24, 2.45) is 0 Å². The quantitative estimate of drug-likeness (QED) is 0.398. The maximum absolute atomic E-state index is 12.6. The Kier molecular flexibility index (Phi) is 7.24. The zero-order chi connectivity index (χ0) is 21.5. The van der Waals surface area contributed by atoms with Gasteiger partial charge < -0.3 is 14.2 Å². The van der Waals surface area contributed by atoms with Gasteiger partial charge in [-0.25, -0.2) is 4.79 Å². The number of nitrogens with zero attached hydrogens (tertiary/aromatic N) is 3. The number of thioether (sulfide) groups is 1. The minimum atomic E-state index is -0.547. The molecule has 0 aliphatic heterocycles. The van der Waals surface area contributed by atoms with E-state index in [1.165, 1.54) is 11.8 Å². The Bertz CT molecular complexity index is 1010. The van der Waals surface area contributed by atoms with Crippen LogP contribution in [0.2, 0.25) is 0 Å². The molecule has 0 aliphatic carbocycles. The number of ether oxygens (including phenoxy) is 1. The molecule has 0 fully saturated rings. The zero-order valence-corrected chi connectivity index (χ0v) is 17.9. The summed E-state index contributed by atoms with van der Waals surface area (Å²) in [4.78, 5) is 31.5. The Morgan fingerprint density at radius 3 is 2.53 bits per heavy atom. The lowest BCUT2D eigenvalue weighted by molar-refractivity contribution is -0.135. The highest BCUT2D eigenvalue weighted by Crippen LogP contribution is 2.26. The summed E-state index contributed by atoms with van der Waals surface area (Å²) in [5.41, 5.74) is 1.41. The smallest absolute Gasteiger partial charge is 0.339 e. The van der Waals surface area contributed by atoms with Gasteiger partial charge in [0.05, 0.1) is 17.4 Å². The van der Waals surface area contributed by atoms with Crippen molar-refractivity contribution in [3.8, 4) is 0 Å². The van der Waals surface area contributed by atoms with Crippen molar-refractivity contribution in [3.63, 3.8) is 0 Å². The number of rotatable bonds is 8. The minimum Gasteiger partial charge on any atom is -0.452 e. The number of aromatic nitrogens is 2. The maximum Gasteiger partial charge on any atom is 0.339 e. The van der Waals surface area contributed by atoms with E-state index in [2.05, 4.69) is 10.1 Å². The van der Waals surface area contributed by atoms with E-state index in [4.69, 9.17) is 9.26 Å². The molecule has 0 saturated heterocycles. The lowest BCUT2D eigenvalue weighted by Crippen LogP contribution is -2.33. The summed E-state index contributed by atoms with van der Waals surface area (Å²) in [6.07, 6.45) is 0. The molecule has 1 amide bonds. The summed E-state index contributed by atoms with van der Waals surface area (Å²) in [5.74, 6) is 0.652. The number of amides is 1. The zero-order valence-electron chi connectivity index (χ0n) is 17.1. The number of hydrogen-bond acceptors (Lipinski definition) is 7. The van der Waals surface area contributed by atoms with Crippen molar-refractivity contribution in [1.29, 1.82) is 0 Å². The Balaban J connectivity index is 1.58. The highest BCUT2D eigenvalue weighted by Gasteiger charge is 2.20. The molecule has 0 N–H and O–H groups in total. The van der Waals surface area contributed by atoms with E-state index in [9.17, 15) is 9.59 Å². The van der Waals surface area contributed by atoms with Crippen LogP contribution in [0.5, 0.6) is 0 Å². The predicted molar refractivity (Wildman–Crippen MR) is 113 cm³/mol. The fraction of sp³-hybridized carbons (Fsp3) is 0.273. The fourth-order valence-corrected chi connectivity index (χ4v) is 3.66. The van der Waals surface area contributed by atoms with E-state index in [0.717, 1.165) is 10.5 Å². The third-order valence-corrected chi connectivity index (χ3v) is 5.67. The number of hydrogen-bond donors (Lipinski definition) is 0. The topological polar surface area (TPSA) is 85.5 Å². The Hall–Kier alpha value is -3.13.